The normalized spacial score (nSPS) is 21.6. The van der Waals surface area contributed by atoms with E-state index in [0.717, 1.165) is 43.8 Å². The minimum absolute atomic E-state index is 0.0499. The van der Waals surface area contributed by atoms with Crippen LogP contribution in [-0.4, -0.2) is 43.8 Å². The predicted molar refractivity (Wildman–Crippen MR) is 89.9 cm³/mol. The van der Waals surface area contributed by atoms with Crippen LogP contribution in [-0.2, 0) is 4.74 Å². The Bertz CT molecular complexity index is 529. The third-order valence-electron chi connectivity index (χ3n) is 4.70. The Balaban J connectivity index is 1.60. The van der Waals surface area contributed by atoms with Crippen LogP contribution in [0.25, 0.3) is 0 Å². The van der Waals surface area contributed by atoms with Crippen LogP contribution in [0, 0.1) is 5.92 Å². The van der Waals surface area contributed by atoms with Gasteiger partial charge in [-0.05, 0) is 44.2 Å². The van der Waals surface area contributed by atoms with Gasteiger partial charge in [0.1, 0.15) is 5.75 Å². The topological polar surface area (TPSA) is 50.8 Å². The first-order valence-corrected chi connectivity index (χ1v) is 8.57. The summed E-state index contributed by atoms with van der Waals surface area (Å²) in [7, 11) is 1.71. The highest BCUT2D eigenvalue weighted by Gasteiger charge is 2.27. The molecule has 5 nitrogen and oxygen atoms in total. The fourth-order valence-electron chi connectivity index (χ4n) is 3.44. The molecule has 2 aliphatic rings. The lowest BCUT2D eigenvalue weighted by Gasteiger charge is -2.20. The van der Waals surface area contributed by atoms with E-state index in [4.69, 9.17) is 9.47 Å². The SMILES string of the molecule is COC[C@H]1CCN(C(=O)Nc2ccccc2OC2CCCC2)C1. The average molecular weight is 318 g/mol. The Morgan fingerprint density at radius 3 is 2.83 bits per heavy atom. The average Bonchev–Trinajstić information content (AvgIpc) is 3.21. The number of carbonyl (C=O) groups excluding carboxylic acids is 1. The molecule has 0 bridgehead atoms. The summed E-state index contributed by atoms with van der Waals surface area (Å²) < 4.78 is 11.3. The van der Waals surface area contributed by atoms with E-state index >= 15 is 0 Å². The fraction of sp³-hybridized carbons (Fsp3) is 0.611. The second-order valence-electron chi connectivity index (χ2n) is 6.51. The number of anilines is 1. The number of urea groups is 1. The summed E-state index contributed by atoms with van der Waals surface area (Å²) in [5.41, 5.74) is 0.764. The van der Waals surface area contributed by atoms with Crippen molar-refractivity contribution < 1.29 is 14.3 Å². The Hall–Kier alpha value is -1.75. The molecule has 1 atom stereocenters. The maximum Gasteiger partial charge on any atom is 0.321 e. The molecule has 23 heavy (non-hydrogen) atoms. The predicted octanol–water partition coefficient (Wildman–Crippen LogP) is 3.51. The smallest absolute Gasteiger partial charge is 0.321 e. The summed E-state index contributed by atoms with van der Waals surface area (Å²) in [5, 5.41) is 3.01. The summed E-state index contributed by atoms with van der Waals surface area (Å²) >= 11 is 0. The number of rotatable bonds is 5. The Kier molecular flexibility index (Phi) is 5.39. The molecule has 0 radical (unpaired) electrons. The maximum atomic E-state index is 12.5. The van der Waals surface area contributed by atoms with Gasteiger partial charge in [-0.1, -0.05) is 12.1 Å². The van der Waals surface area contributed by atoms with Gasteiger partial charge >= 0.3 is 6.03 Å². The highest BCUT2D eigenvalue weighted by molar-refractivity contribution is 5.91. The number of likely N-dealkylation sites (tertiary alicyclic amines) is 1. The second kappa shape index (κ2) is 7.68. The first-order chi connectivity index (χ1) is 11.3. The van der Waals surface area contributed by atoms with E-state index in [-0.39, 0.29) is 12.1 Å². The molecule has 5 heteroatoms. The minimum Gasteiger partial charge on any atom is -0.488 e. The number of hydrogen-bond donors (Lipinski definition) is 1. The van der Waals surface area contributed by atoms with Gasteiger partial charge in [0.15, 0.2) is 0 Å². The second-order valence-corrected chi connectivity index (χ2v) is 6.51. The number of nitrogens with zero attached hydrogens (tertiary/aromatic N) is 1. The molecule has 1 aromatic carbocycles. The summed E-state index contributed by atoms with van der Waals surface area (Å²) in [6.07, 6.45) is 5.95. The molecule has 1 saturated carbocycles. The number of nitrogens with one attached hydrogen (secondary N) is 1. The van der Waals surface area contributed by atoms with E-state index < -0.39 is 0 Å². The van der Waals surface area contributed by atoms with E-state index in [1.807, 2.05) is 29.2 Å². The van der Waals surface area contributed by atoms with Crippen LogP contribution >= 0.6 is 0 Å². The summed E-state index contributed by atoms with van der Waals surface area (Å²) in [6, 6.07) is 7.67. The molecule has 3 rings (SSSR count). The quantitative estimate of drug-likeness (QED) is 0.904. The van der Waals surface area contributed by atoms with Crippen molar-refractivity contribution in [2.45, 2.75) is 38.2 Å². The van der Waals surface area contributed by atoms with Gasteiger partial charge in [-0.25, -0.2) is 4.79 Å². The van der Waals surface area contributed by atoms with Gasteiger partial charge in [-0.2, -0.15) is 0 Å². The van der Waals surface area contributed by atoms with Crippen LogP contribution in [0.4, 0.5) is 10.5 Å². The highest BCUT2D eigenvalue weighted by atomic mass is 16.5. The van der Waals surface area contributed by atoms with Crippen LogP contribution < -0.4 is 10.1 Å². The van der Waals surface area contributed by atoms with E-state index in [1.165, 1.54) is 12.8 Å². The molecule has 1 heterocycles. The molecule has 1 aliphatic heterocycles. The van der Waals surface area contributed by atoms with Crippen molar-refractivity contribution in [2.24, 2.45) is 5.92 Å². The lowest BCUT2D eigenvalue weighted by atomic mass is 10.1. The van der Waals surface area contributed by atoms with Gasteiger partial charge < -0.3 is 19.7 Å². The lowest BCUT2D eigenvalue weighted by molar-refractivity contribution is 0.154. The van der Waals surface area contributed by atoms with Gasteiger partial charge in [0.25, 0.3) is 0 Å². The standard InChI is InChI=1S/C18H26N2O3/c1-22-13-14-10-11-20(12-14)18(21)19-16-8-4-5-9-17(16)23-15-6-2-3-7-15/h4-5,8-9,14-15H,2-3,6-7,10-13H2,1H3,(H,19,21)/t14-/m0/s1. The minimum atomic E-state index is -0.0499. The number of benzene rings is 1. The third kappa shape index (κ3) is 4.16. The van der Waals surface area contributed by atoms with Crippen molar-refractivity contribution >= 4 is 11.7 Å². The largest absolute Gasteiger partial charge is 0.488 e. The van der Waals surface area contributed by atoms with Crippen molar-refractivity contribution in [1.29, 1.82) is 0 Å². The number of amides is 2. The van der Waals surface area contributed by atoms with Crippen molar-refractivity contribution in [2.75, 3.05) is 32.1 Å². The molecule has 126 valence electrons. The van der Waals surface area contributed by atoms with Crippen molar-refractivity contribution in [3.05, 3.63) is 24.3 Å². The summed E-state index contributed by atoms with van der Waals surface area (Å²) in [6.45, 7) is 2.25. The molecule has 1 saturated heterocycles. The van der Waals surface area contributed by atoms with Crippen LogP contribution in [0.5, 0.6) is 5.75 Å². The van der Waals surface area contributed by atoms with E-state index in [1.54, 1.807) is 7.11 Å². The zero-order valence-corrected chi connectivity index (χ0v) is 13.8. The van der Waals surface area contributed by atoms with Crippen LogP contribution in [0.2, 0.25) is 0 Å². The molecule has 0 spiro atoms. The number of ether oxygens (including phenoxy) is 2. The molecule has 2 fully saturated rings. The van der Waals surface area contributed by atoms with Crippen LogP contribution in [0.3, 0.4) is 0 Å². The molecule has 0 aromatic heterocycles. The van der Waals surface area contributed by atoms with Crippen molar-refractivity contribution in [3.8, 4) is 5.75 Å². The Morgan fingerprint density at radius 1 is 1.26 bits per heavy atom. The van der Waals surface area contributed by atoms with Gasteiger partial charge in [0.05, 0.1) is 18.4 Å². The van der Waals surface area contributed by atoms with Crippen LogP contribution in [0.1, 0.15) is 32.1 Å². The number of carbonyl (C=O) groups is 1. The molecular formula is C18H26N2O3. The summed E-state index contributed by atoms with van der Waals surface area (Å²) in [4.78, 5) is 14.3. The number of para-hydroxylation sites is 2. The lowest BCUT2D eigenvalue weighted by Crippen LogP contribution is -2.33. The van der Waals surface area contributed by atoms with Gasteiger partial charge in [0, 0.05) is 26.1 Å². The Labute approximate surface area is 137 Å². The molecule has 2 amide bonds. The molecular weight excluding hydrogens is 292 g/mol. The number of methoxy groups -OCH3 is 1. The van der Waals surface area contributed by atoms with Crippen molar-refractivity contribution in [3.63, 3.8) is 0 Å². The van der Waals surface area contributed by atoms with Crippen LogP contribution in [0.15, 0.2) is 24.3 Å². The molecule has 1 N–H and O–H groups in total. The first kappa shape index (κ1) is 16.1. The maximum absolute atomic E-state index is 12.5. The highest BCUT2D eigenvalue weighted by Crippen LogP contribution is 2.30. The van der Waals surface area contributed by atoms with E-state index in [0.29, 0.717) is 12.5 Å². The zero-order valence-electron chi connectivity index (χ0n) is 13.8. The fourth-order valence-corrected chi connectivity index (χ4v) is 3.44. The molecule has 1 aromatic rings. The number of hydrogen-bond acceptors (Lipinski definition) is 3. The van der Waals surface area contributed by atoms with Crippen molar-refractivity contribution in [1.82, 2.24) is 4.90 Å². The first-order valence-electron chi connectivity index (χ1n) is 8.57. The third-order valence-corrected chi connectivity index (χ3v) is 4.70. The van der Waals surface area contributed by atoms with Gasteiger partial charge in [-0.3, -0.25) is 0 Å². The molecule has 1 aliphatic carbocycles. The van der Waals surface area contributed by atoms with Gasteiger partial charge in [-0.15, -0.1) is 0 Å². The van der Waals surface area contributed by atoms with E-state index in [9.17, 15) is 4.79 Å². The Morgan fingerprint density at radius 2 is 2.04 bits per heavy atom. The van der Waals surface area contributed by atoms with E-state index in [2.05, 4.69) is 5.32 Å². The zero-order chi connectivity index (χ0) is 16.1. The monoisotopic (exact) mass is 318 g/mol. The van der Waals surface area contributed by atoms with Gasteiger partial charge in [0.2, 0.25) is 0 Å². The summed E-state index contributed by atoms with van der Waals surface area (Å²) in [5.74, 6) is 1.22. The molecule has 0 unspecified atom stereocenters.